The summed E-state index contributed by atoms with van der Waals surface area (Å²) in [6, 6.07) is 5.25. The molecule has 1 aromatic carbocycles. The molecular weight excluding hydrogens is 178 g/mol. The van der Waals surface area contributed by atoms with Crippen molar-refractivity contribution in [2.75, 3.05) is 6.54 Å². The van der Waals surface area contributed by atoms with Crippen molar-refractivity contribution in [3.8, 4) is 5.75 Å². The number of aromatic nitrogens is 2. The maximum absolute atomic E-state index is 9.26. The fourth-order valence-corrected chi connectivity index (χ4v) is 1.49. The molecule has 0 fully saturated rings. The molecule has 0 radical (unpaired) electrons. The zero-order valence-electron chi connectivity index (χ0n) is 7.85. The van der Waals surface area contributed by atoms with Crippen molar-refractivity contribution in [2.24, 2.45) is 5.73 Å². The summed E-state index contributed by atoms with van der Waals surface area (Å²) in [7, 11) is 0. The molecule has 1 aromatic heterocycles. The Morgan fingerprint density at radius 1 is 1.43 bits per heavy atom. The second-order valence-electron chi connectivity index (χ2n) is 3.25. The van der Waals surface area contributed by atoms with Crippen molar-refractivity contribution in [2.45, 2.75) is 13.0 Å². The summed E-state index contributed by atoms with van der Waals surface area (Å²) < 4.78 is 1.90. The van der Waals surface area contributed by atoms with E-state index in [4.69, 9.17) is 5.73 Å². The van der Waals surface area contributed by atoms with Gasteiger partial charge >= 0.3 is 0 Å². The van der Waals surface area contributed by atoms with Crippen LogP contribution in [-0.2, 0) is 6.54 Å². The van der Waals surface area contributed by atoms with Crippen LogP contribution in [0.2, 0.25) is 0 Å². The first-order chi connectivity index (χ1) is 6.81. The molecule has 3 N–H and O–H groups in total. The van der Waals surface area contributed by atoms with Gasteiger partial charge in [0.25, 0.3) is 0 Å². The first-order valence-electron chi connectivity index (χ1n) is 4.66. The summed E-state index contributed by atoms with van der Waals surface area (Å²) in [4.78, 5) is 0. The summed E-state index contributed by atoms with van der Waals surface area (Å²) in [5, 5.41) is 14.4. The number of hydrogen-bond donors (Lipinski definition) is 2. The van der Waals surface area contributed by atoms with Crippen LogP contribution < -0.4 is 5.73 Å². The highest BCUT2D eigenvalue weighted by Gasteiger charge is 2.02. The number of aryl methyl sites for hydroxylation is 1. The summed E-state index contributed by atoms with van der Waals surface area (Å²) in [5.74, 6) is 0.274. The number of nitrogens with zero attached hydrogens (tertiary/aromatic N) is 2. The molecule has 0 spiro atoms. The molecule has 0 atom stereocenters. The number of aromatic hydroxyl groups is 1. The van der Waals surface area contributed by atoms with Crippen LogP contribution in [0.5, 0.6) is 5.75 Å². The molecule has 14 heavy (non-hydrogen) atoms. The quantitative estimate of drug-likeness (QED) is 0.763. The maximum Gasteiger partial charge on any atom is 0.116 e. The molecule has 1 heterocycles. The van der Waals surface area contributed by atoms with Crippen LogP contribution in [0.25, 0.3) is 10.9 Å². The lowest BCUT2D eigenvalue weighted by Crippen LogP contribution is -2.06. The van der Waals surface area contributed by atoms with E-state index in [0.29, 0.717) is 6.54 Å². The van der Waals surface area contributed by atoms with E-state index in [1.54, 1.807) is 18.3 Å². The van der Waals surface area contributed by atoms with E-state index in [2.05, 4.69) is 5.10 Å². The highest BCUT2D eigenvalue weighted by atomic mass is 16.3. The monoisotopic (exact) mass is 191 g/mol. The number of phenolic OH excluding ortho intramolecular Hbond substituents is 1. The highest BCUT2D eigenvalue weighted by molar-refractivity contribution is 5.80. The van der Waals surface area contributed by atoms with Crippen LogP contribution >= 0.6 is 0 Å². The minimum absolute atomic E-state index is 0.274. The number of fused-ring (bicyclic) bond motifs is 1. The van der Waals surface area contributed by atoms with Crippen molar-refractivity contribution in [1.29, 1.82) is 0 Å². The Balaban J connectivity index is 2.37. The minimum atomic E-state index is 0.274. The molecule has 0 amide bonds. The Morgan fingerprint density at radius 2 is 2.29 bits per heavy atom. The van der Waals surface area contributed by atoms with Gasteiger partial charge in [-0.05, 0) is 31.2 Å². The largest absolute Gasteiger partial charge is 0.508 e. The number of phenols is 1. The molecule has 4 heteroatoms. The summed E-state index contributed by atoms with van der Waals surface area (Å²) in [6.07, 6.45) is 2.67. The van der Waals surface area contributed by atoms with Crippen LogP contribution in [0.4, 0.5) is 0 Å². The second-order valence-corrected chi connectivity index (χ2v) is 3.25. The van der Waals surface area contributed by atoms with E-state index >= 15 is 0 Å². The van der Waals surface area contributed by atoms with E-state index < -0.39 is 0 Å². The summed E-state index contributed by atoms with van der Waals surface area (Å²) in [5.41, 5.74) is 6.47. The Labute approximate surface area is 81.9 Å². The molecule has 0 aliphatic heterocycles. The molecule has 0 aliphatic rings. The lowest BCUT2D eigenvalue weighted by Gasteiger charge is -2.01. The van der Waals surface area contributed by atoms with Crippen LogP contribution in [-0.4, -0.2) is 21.4 Å². The van der Waals surface area contributed by atoms with Crippen LogP contribution in [0.15, 0.2) is 24.4 Å². The van der Waals surface area contributed by atoms with Gasteiger partial charge in [0.15, 0.2) is 0 Å². The first kappa shape index (κ1) is 9.02. The highest BCUT2D eigenvalue weighted by Crippen LogP contribution is 2.19. The van der Waals surface area contributed by atoms with Gasteiger partial charge in [-0.2, -0.15) is 5.10 Å². The average Bonchev–Trinajstić information content (AvgIpc) is 2.57. The van der Waals surface area contributed by atoms with Crippen LogP contribution in [0.3, 0.4) is 0 Å². The van der Waals surface area contributed by atoms with E-state index in [1.165, 1.54) is 0 Å². The van der Waals surface area contributed by atoms with Gasteiger partial charge in [-0.25, -0.2) is 0 Å². The summed E-state index contributed by atoms with van der Waals surface area (Å²) >= 11 is 0. The van der Waals surface area contributed by atoms with E-state index in [1.807, 2.05) is 10.7 Å². The average molecular weight is 191 g/mol. The maximum atomic E-state index is 9.26. The van der Waals surface area contributed by atoms with Gasteiger partial charge in [-0.1, -0.05) is 0 Å². The van der Waals surface area contributed by atoms with Crippen molar-refractivity contribution < 1.29 is 5.11 Å². The Morgan fingerprint density at radius 3 is 3.07 bits per heavy atom. The first-order valence-corrected chi connectivity index (χ1v) is 4.66. The van der Waals surface area contributed by atoms with Crippen molar-refractivity contribution >= 4 is 10.9 Å². The smallest absolute Gasteiger partial charge is 0.116 e. The molecule has 2 aromatic rings. The third kappa shape index (κ3) is 1.56. The molecule has 0 bridgehead atoms. The Hall–Kier alpha value is -1.55. The predicted molar refractivity (Wildman–Crippen MR) is 55.1 cm³/mol. The van der Waals surface area contributed by atoms with E-state index in [9.17, 15) is 5.11 Å². The van der Waals surface area contributed by atoms with Gasteiger partial charge in [0.2, 0.25) is 0 Å². The third-order valence-corrected chi connectivity index (χ3v) is 2.20. The van der Waals surface area contributed by atoms with Crippen molar-refractivity contribution in [3.05, 3.63) is 24.4 Å². The Bertz CT molecular complexity index is 436. The zero-order chi connectivity index (χ0) is 9.97. The van der Waals surface area contributed by atoms with Gasteiger partial charge in [0.1, 0.15) is 5.75 Å². The lowest BCUT2D eigenvalue weighted by atomic mass is 10.2. The topological polar surface area (TPSA) is 64.1 Å². The fourth-order valence-electron chi connectivity index (χ4n) is 1.49. The third-order valence-electron chi connectivity index (χ3n) is 2.20. The van der Waals surface area contributed by atoms with E-state index in [0.717, 1.165) is 23.9 Å². The molecule has 0 saturated carbocycles. The van der Waals surface area contributed by atoms with Crippen LogP contribution in [0, 0.1) is 0 Å². The molecule has 0 saturated heterocycles. The van der Waals surface area contributed by atoms with Gasteiger partial charge in [-0.3, -0.25) is 4.68 Å². The van der Waals surface area contributed by atoms with Crippen LogP contribution in [0.1, 0.15) is 6.42 Å². The number of nitrogens with two attached hydrogens (primary N) is 1. The SMILES string of the molecule is NCCCn1ncc2cc(O)ccc21. The molecule has 0 unspecified atom stereocenters. The fraction of sp³-hybridized carbons (Fsp3) is 0.300. The zero-order valence-corrected chi connectivity index (χ0v) is 7.85. The van der Waals surface area contributed by atoms with Gasteiger partial charge in [-0.15, -0.1) is 0 Å². The van der Waals surface area contributed by atoms with E-state index in [-0.39, 0.29) is 5.75 Å². The molecule has 0 aliphatic carbocycles. The molecular formula is C10H13N3O. The standard InChI is InChI=1S/C10H13N3O/c11-4-1-5-13-10-3-2-9(14)6-8(10)7-12-13/h2-3,6-7,14H,1,4-5,11H2. The second kappa shape index (κ2) is 3.67. The lowest BCUT2D eigenvalue weighted by molar-refractivity contribution is 0.476. The van der Waals surface area contributed by atoms with Gasteiger partial charge < -0.3 is 10.8 Å². The van der Waals surface area contributed by atoms with Gasteiger partial charge in [0.05, 0.1) is 11.7 Å². The Kier molecular flexibility index (Phi) is 2.37. The molecule has 2 rings (SSSR count). The predicted octanol–water partition coefficient (Wildman–Crippen LogP) is 1.09. The van der Waals surface area contributed by atoms with Crippen molar-refractivity contribution in [3.63, 3.8) is 0 Å². The molecule has 74 valence electrons. The van der Waals surface area contributed by atoms with Gasteiger partial charge in [0, 0.05) is 11.9 Å². The normalized spacial score (nSPS) is 10.9. The number of benzene rings is 1. The number of hydrogen-bond acceptors (Lipinski definition) is 3. The van der Waals surface area contributed by atoms with Crippen molar-refractivity contribution in [1.82, 2.24) is 9.78 Å². The number of rotatable bonds is 3. The minimum Gasteiger partial charge on any atom is -0.508 e. The molecule has 4 nitrogen and oxygen atoms in total. The summed E-state index contributed by atoms with van der Waals surface area (Å²) in [6.45, 7) is 1.49.